The van der Waals surface area contributed by atoms with Crippen molar-refractivity contribution in [3.63, 3.8) is 0 Å². The number of rotatable bonds is 4. The predicted octanol–water partition coefficient (Wildman–Crippen LogP) is 12.9. The van der Waals surface area contributed by atoms with Crippen molar-refractivity contribution in [3.8, 4) is 68.5 Å². The van der Waals surface area contributed by atoms with Gasteiger partial charge in [-0.3, -0.25) is 0 Å². The van der Waals surface area contributed by atoms with Gasteiger partial charge in [0.15, 0.2) is 23.2 Å². The van der Waals surface area contributed by atoms with E-state index in [2.05, 4.69) is 106 Å². The Morgan fingerprint density at radius 2 is 1.11 bits per heavy atom. The monoisotopic (exact) mass is 778 g/mol. The standard InChI is InChI=1S/C54H30N6O/c1-56-43-31-46(35(32-55)30-38(43)53-58-51(33-16-4-2-5-17-33)57-52(59-53)34-18-6-3-7-19-34)60-44-25-13-9-21-37(44)50-45(60)29-28-42-49(50)36-20-8-10-22-39(36)54(42)40-23-11-14-26-47(40)61-48-27-15-12-24-41(48)54/h2-31H. The summed E-state index contributed by atoms with van der Waals surface area (Å²) < 4.78 is 8.73. The van der Waals surface area contributed by atoms with Gasteiger partial charge in [0.1, 0.15) is 17.6 Å². The molecule has 2 aliphatic rings. The highest BCUT2D eigenvalue weighted by Gasteiger charge is 2.51. The Balaban J connectivity index is 1.13. The maximum atomic E-state index is 11.0. The van der Waals surface area contributed by atoms with Gasteiger partial charge in [-0.2, -0.15) is 5.26 Å². The fraction of sp³-hybridized carbons (Fsp3) is 0.0185. The summed E-state index contributed by atoms with van der Waals surface area (Å²) in [5, 5.41) is 13.1. The van der Waals surface area contributed by atoms with E-state index in [0.717, 1.165) is 66.7 Å². The molecule has 3 heterocycles. The highest BCUT2D eigenvalue weighted by Crippen LogP contribution is 2.63. The minimum Gasteiger partial charge on any atom is -0.457 e. The van der Waals surface area contributed by atoms with Gasteiger partial charge in [0.05, 0.1) is 34.3 Å². The van der Waals surface area contributed by atoms with Crippen molar-refractivity contribution in [3.05, 3.63) is 221 Å². The Morgan fingerprint density at radius 3 is 1.77 bits per heavy atom. The molecule has 12 rings (SSSR count). The summed E-state index contributed by atoms with van der Waals surface area (Å²) in [5.74, 6) is 2.95. The molecule has 0 amide bonds. The lowest BCUT2D eigenvalue weighted by molar-refractivity contribution is 0.436. The minimum atomic E-state index is -0.632. The molecule has 1 spiro atoms. The molecule has 0 bridgehead atoms. The summed E-state index contributed by atoms with van der Waals surface area (Å²) in [6.45, 7) is 8.51. The molecule has 10 aromatic rings. The van der Waals surface area contributed by atoms with Gasteiger partial charge in [0.25, 0.3) is 0 Å². The molecule has 0 radical (unpaired) electrons. The van der Waals surface area contributed by atoms with E-state index in [9.17, 15) is 5.26 Å². The third-order valence-electron chi connectivity index (χ3n) is 12.2. The Hall–Kier alpha value is -8.65. The molecule has 282 valence electrons. The molecule has 0 N–H and O–H groups in total. The number of hydrogen-bond acceptors (Lipinski definition) is 5. The first-order valence-corrected chi connectivity index (χ1v) is 20.0. The lowest BCUT2D eigenvalue weighted by atomic mass is 9.66. The zero-order valence-electron chi connectivity index (χ0n) is 32.4. The first-order valence-electron chi connectivity index (χ1n) is 20.0. The molecule has 0 saturated heterocycles. The van der Waals surface area contributed by atoms with Crippen LogP contribution in [-0.2, 0) is 5.41 Å². The largest absolute Gasteiger partial charge is 0.457 e. The van der Waals surface area contributed by atoms with Gasteiger partial charge in [0.2, 0.25) is 0 Å². The Kier molecular flexibility index (Phi) is 7.44. The minimum absolute atomic E-state index is 0.320. The molecule has 8 aromatic carbocycles. The normalized spacial score (nSPS) is 12.8. The third-order valence-corrected chi connectivity index (χ3v) is 12.2. The fourth-order valence-corrected chi connectivity index (χ4v) is 9.71. The van der Waals surface area contributed by atoms with Crippen molar-refractivity contribution in [2.24, 2.45) is 0 Å². The third kappa shape index (κ3) is 4.86. The van der Waals surface area contributed by atoms with E-state index in [0.29, 0.717) is 40.0 Å². The van der Waals surface area contributed by atoms with E-state index < -0.39 is 5.41 Å². The van der Waals surface area contributed by atoms with E-state index in [1.807, 2.05) is 84.9 Å². The number of nitrogens with zero attached hydrogens (tertiary/aromatic N) is 6. The van der Waals surface area contributed by atoms with Gasteiger partial charge < -0.3 is 9.30 Å². The molecule has 2 aromatic heterocycles. The molecule has 61 heavy (non-hydrogen) atoms. The van der Waals surface area contributed by atoms with Crippen molar-refractivity contribution in [1.29, 1.82) is 5.26 Å². The molecule has 7 heteroatoms. The van der Waals surface area contributed by atoms with Gasteiger partial charge in [-0.25, -0.2) is 19.8 Å². The van der Waals surface area contributed by atoms with Crippen LogP contribution in [0, 0.1) is 17.9 Å². The van der Waals surface area contributed by atoms with Crippen LogP contribution < -0.4 is 4.74 Å². The Morgan fingerprint density at radius 1 is 0.541 bits per heavy atom. The molecule has 7 nitrogen and oxygen atoms in total. The van der Waals surface area contributed by atoms with Gasteiger partial charge >= 0.3 is 0 Å². The lowest BCUT2D eigenvalue weighted by Crippen LogP contribution is -2.32. The quantitative estimate of drug-likeness (QED) is 0.166. The second-order valence-electron chi connectivity index (χ2n) is 15.3. The number of nitriles is 1. The molecule has 0 fully saturated rings. The average Bonchev–Trinajstić information content (AvgIpc) is 3.82. The fourth-order valence-electron chi connectivity index (χ4n) is 9.71. The van der Waals surface area contributed by atoms with Crippen LogP contribution >= 0.6 is 0 Å². The molecule has 0 saturated carbocycles. The second-order valence-corrected chi connectivity index (χ2v) is 15.3. The second kappa shape index (κ2) is 13.2. The highest BCUT2D eigenvalue weighted by molar-refractivity contribution is 6.18. The number of para-hydroxylation sites is 3. The predicted molar refractivity (Wildman–Crippen MR) is 239 cm³/mol. The van der Waals surface area contributed by atoms with Crippen LogP contribution in [0.2, 0.25) is 0 Å². The molecule has 1 aliphatic heterocycles. The van der Waals surface area contributed by atoms with E-state index in [1.54, 1.807) is 6.07 Å². The molecule has 0 unspecified atom stereocenters. The van der Waals surface area contributed by atoms with E-state index in [-0.39, 0.29) is 0 Å². The number of aromatic nitrogens is 4. The maximum absolute atomic E-state index is 11.0. The highest BCUT2D eigenvalue weighted by atomic mass is 16.5. The Bertz CT molecular complexity index is 3440. The number of ether oxygens (including phenoxy) is 1. The van der Waals surface area contributed by atoms with Gasteiger partial charge in [0, 0.05) is 38.6 Å². The average molecular weight is 779 g/mol. The first kappa shape index (κ1) is 34.4. The van der Waals surface area contributed by atoms with Crippen LogP contribution in [0.4, 0.5) is 5.69 Å². The van der Waals surface area contributed by atoms with Crippen LogP contribution in [0.15, 0.2) is 182 Å². The zero-order chi connectivity index (χ0) is 40.7. The molecule has 1 aliphatic carbocycles. The topological polar surface area (TPSA) is 81.0 Å². The van der Waals surface area contributed by atoms with Crippen LogP contribution in [-0.4, -0.2) is 19.5 Å². The van der Waals surface area contributed by atoms with Crippen molar-refractivity contribution in [2.45, 2.75) is 5.41 Å². The van der Waals surface area contributed by atoms with Crippen molar-refractivity contribution < 1.29 is 4.74 Å². The van der Waals surface area contributed by atoms with E-state index in [4.69, 9.17) is 26.3 Å². The number of fused-ring (bicyclic) bond motifs is 13. The van der Waals surface area contributed by atoms with Crippen molar-refractivity contribution >= 4 is 27.5 Å². The van der Waals surface area contributed by atoms with Crippen LogP contribution in [0.25, 0.3) is 77.6 Å². The van der Waals surface area contributed by atoms with Crippen LogP contribution in [0.1, 0.15) is 27.8 Å². The summed E-state index contributed by atoms with van der Waals surface area (Å²) in [6.07, 6.45) is 0. The van der Waals surface area contributed by atoms with Crippen molar-refractivity contribution in [2.75, 3.05) is 0 Å². The number of hydrogen-bond donors (Lipinski definition) is 0. The first-order chi connectivity index (χ1) is 30.2. The zero-order valence-corrected chi connectivity index (χ0v) is 32.4. The summed E-state index contributed by atoms with van der Waals surface area (Å²) >= 11 is 0. The summed E-state index contributed by atoms with van der Waals surface area (Å²) in [4.78, 5) is 18.7. The number of benzene rings is 8. The lowest BCUT2D eigenvalue weighted by Gasteiger charge is -2.39. The summed E-state index contributed by atoms with van der Waals surface area (Å²) in [7, 11) is 0. The molecular weight excluding hydrogens is 749 g/mol. The van der Waals surface area contributed by atoms with Gasteiger partial charge in [-0.1, -0.05) is 146 Å². The summed E-state index contributed by atoms with van der Waals surface area (Å²) in [6, 6.07) is 63.7. The maximum Gasteiger partial charge on any atom is 0.200 e. The molecule has 0 atom stereocenters. The van der Waals surface area contributed by atoms with E-state index >= 15 is 0 Å². The molecular formula is C54H30N6O. The van der Waals surface area contributed by atoms with Crippen LogP contribution in [0.5, 0.6) is 11.5 Å². The van der Waals surface area contributed by atoms with E-state index in [1.165, 1.54) is 11.1 Å². The smallest absolute Gasteiger partial charge is 0.200 e. The summed E-state index contributed by atoms with van der Waals surface area (Å²) in [5.41, 5.74) is 11.5. The SMILES string of the molecule is [C-]#[N+]c1cc(-n2c3ccccc3c3c4c(ccc32)C2(c3ccccc3Oc3ccccc32)c2ccccc2-4)c(C#N)cc1-c1nc(-c2ccccc2)nc(-c2ccccc2)n1. The Labute approximate surface area is 350 Å². The van der Waals surface area contributed by atoms with Gasteiger partial charge in [-0.05, 0) is 58.7 Å². The van der Waals surface area contributed by atoms with Gasteiger partial charge in [-0.15, -0.1) is 0 Å². The van der Waals surface area contributed by atoms with Crippen LogP contribution in [0.3, 0.4) is 0 Å². The van der Waals surface area contributed by atoms with Crippen molar-refractivity contribution in [1.82, 2.24) is 19.5 Å².